The Balaban J connectivity index is 1.70. The van der Waals surface area contributed by atoms with Crippen molar-refractivity contribution in [2.75, 3.05) is 25.1 Å². The van der Waals surface area contributed by atoms with Crippen LogP contribution in [0, 0.1) is 11.3 Å². The molecule has 2 bridgehead atoms. The average Bonchev–Trinajstić information content (AvgIpc) is 3.23. The van der Waals surface area contributed by atoms with Crippen molar-refractivity contribution in [2.24, 2.45) is 11.3 Å². The fourth-order valence-electron chi connectivity index (χ4n) is 8.69. The molecule has 3 heterocycles. The molecule has 5 nitrogen and oxygen atoms in total. The van der Waals surface area contributed by atoms with E-state index < -0.39 is 5.54 Å². The first-order valence-corrected chi connectivity index (χ1v) is 10.7. The van der Waals surface area contributed by atoms with Gasteiger partial charge in [0.2, 0.25) is 5.91 Å². The molecule has 5 unspecified atom stereocenters. The number of benzene rings is 1. The maximum atomic E-state index is 13.2. The molecule has 3 saturated carbocycles. The number of carbonyl (C=O) groups is 2. The number of para-hydroxylation sites is 1. The molecule has 5 atom stereocenters. The number of nitrogens with zero attached hydrogens (tertiary/aromatic N) is 2. The molecule has 28 heavy (non-hydrogen) atoms. The van der Waals surface area contributed by atoms with Crippen LogP contribution in [-0.4, -0.2) is 48.6 Å². The molecule has 7 rings (SSSR count). The molecule has 6 aliphatic rings. The van der Waals surface area contributed by atoms with E-state index in [2.05, 4.69) is 23.1 Å². The van der Waals surface area contributed by atoms with Crippen molar-refractivity contribution >= 4 is 17.6 Å². The molecule has 5 fully saturated rings. The predicted octanol–water partition coefficient (Wildman–Crippen LogP) is 2.87. The number of rotatable bonds is 1. The van der Waals surface area contributed by atoms with Crippen molar-refractivity contribution in [2.45, 2.75) is 62.4 Å². The smallest absolute Gasteiger partial charge is 0.311 e. The van der Waals surface area contributed by atoms with Gasteiger partial charge >= 0.3 is 5.97 Å². The number of hydrogen-bond donors (Lipinski definition) is 0. The van der Waals surface area contributed by atoms with Gasteiger partial charge < -0.3 is 9.64 Å². The molecular formula is C23H28N2O3. The Bertz CT molecular complexity index is 900. The summed E-state index contributed by atoms with van der Waals surface area (Å²) in [4.78, 5) is 31.0. The molecule has 3 spiro atoms. The molecule has 3 aliphatic heterocycles. The molecule has 0 N–H and O–H groups in total. The molecular weight excluding hydrogens is 352 g/mol. The number of ether oxygens (including phenoxy) is 1. The molecule has 1 aromatic carbocycles. The van der Waals surface area contributed by atoms with E-state index in [0.717, 1.165) is 44.5 Å². The Morgan fingerprint density at radius 2 is 1.93 bits per heavy atom. The average molecular weight is 380 g/mol. The van der Waals surface area contributed by atoms with Gasteiger partial charge in [-0.1, -0.05) is 18.2 Å². The Hall–Kier alpha value is -1.88. The van der Waals surface area contributed by atoms with Crippen molar-refractivity contribution in [1.82, 2.24) is 4.90 Å². The maximum absolute atomic E-state index is 13.2. The van der Waals surface area contributed by atoms with Gasteiger partial charge in [-0.3, -0.25) is 14.5 Å². The number of anilines is 1. The first kappa shape index (κ1) is 17.0. The Labute approximate surface area is 166 Å². The number of amides is 1. The van der Waals surface area contributed by atoms with Crippen LogP contribution in [0.15, 0.2) is 24.3 Å². The van der Waals surface area contributed by atoms with Gasteiger partial charge in [0.1, 0.15) is 0 Å². The first-order valence-electron chi connectivity index (χ1n) is 10.7. The van der Waals surface area contributed by atoms with E-state index in [1.807, 2.05) is 11.0 Å². The Kier molecular flexibility index (Phi) is 3.15. The van der Waals surface area contributed by atoms with Gasteiger partial charge in [0, 0.05) is 24.1 Å². The lowest BCUT2D eigenvalue weighted by Gasteiger charge is -2.70. The monoisotopic (exact) mass is 380 g/mol. The summed E-state index contributed by atoms with van der Waals surface area (Å²) in [5.41, 5.74) is 1.89. The van der Waals surface area contributed by atoms with Crippen LogP contribution in [0.4, 0.5) is 5.69 Å². The lowest BCUT2D eigenvalue weighted by atomic mass is 9.38. The van der Waals surface area contributed by atoms with Gasteiger partial charge in [0.25, 0.3) is 0 Å². The number of esters is 1. The molecule has 5 heteroatoms. The summed E-state index contributed by atoms with van der Waals surface area (Å²) in [6.07, 6.45) is 6.33. The van der Waals surface area contributed by atoms with Gasteiger partial charge in [-0.2, -0.15) is 0 Å². The Morgan fingerprint density at radius 3 is 2.71 bits per heavy atom. The summed E-state index contributed by atoms with van der Waals surface area (Å²) in [6.45, 7) is 3.89. The van der Waals surface area contributed by atoms with Crippen LogP contribution in [0.25, 0.3) is 0 Å². The molecule has 1 aromatic rings. The van der Waals surface area contributed by atoms with Crippen LogP contribution in [0.3, 0.4) is 0 Å². The lowest BCUT2D eigenvalue weighted by Crippen LogP contribution is -2.79. The summed E-state index contributed by atoms with van der Waals surface area (Å²) in [6, 6.07) is 8.91. The highest BCUT2D eigenvalue weighted by Gasteiger charge is 2.81. The number of hydrogen-bond acceptors (Lipinski definition) is 4. The minimum Gasteiger partial charge on any atom is -0.469 e. The molecule has 0 radical (unpaired) electrons. The second-order valence-electron chi connectivity index (χ2n) is 9.70. The molecule has 3 aliphatic carbocycles. The maximum Gasteiger partial charge on any atom is 0.311 e. The van der Waals surface area contributed by atoms with Crippen molar-refractivity contribution < 1.29 is 14.3 Å². The topological polar surface area (TPSA) is 49.9 Å². The summed E-state index contributed by atoms with van der Waals surface area (Å²) in [7, 11) is 1.51. The third-order valence-corrected chi connectivity index (χ3v) is 9.11. The van der Waals surface area contributed by atoms with Crippen LogP contribution in [0.1, 0.15) is 51.0 Å². The summed E-state index contributed by atoms with van der Waals surface area (Å²) in [5, 5.41) is 0. The van der Waals surface area contributed by atoms with E-state index in [1.165, 1.54) is 25.5 Å². The van der Waals surface area contributed by atoms with Crippen LogP contribution in [0.5, 0.6) is 0 Å². The minimum atomic E-state index is -0.478. The normalized spacial score (nSPS) is 42.7. The fraction of sp³-hybridized carbons (Fsp3) is 0.652. The van der Waals surface area contributed by atoms with Crippen molar-refractivity contribution in [3.63, 3.8) is 0 Å². The number of methoxy groups -OCH3 is 1. The first-order chi connectivity index (χ1) is 13.5. The number of carbonyl (C=O) groups excluding carboxylic acids is 2. The standard InChI is InChI=1S/C23H28N2O3/c1-15(26)25-18-7-4-3-6-16(18)22-11-13-24-12-5-8-21(20(22)24)9-10-23(22,25)17(14-21)19(27)28-2/h3-4,6-7,17,20H,5,8-14H2,1-2H3. The van der Waals surface area contributed by atoms with Crippen molar-refractivity contribution in [3.05, 3.63) is 29.8 Å². The van der Waals surface area contributed by atoms with E-state index in [9.17, 15) is 9.59 Å². The Morgan fingerprint density at radius 1 is 1.11 bits per heavy atom. The van der Waals surface area contributed by atoms with Crippen molar-refractivity contribution in [1.29, 1.82) is 0 Å². The van der Waals surface area contributed by atoms with Crippen LogP contribution >= 0.6 is 0 Å². The summed E-state index contributed by atoms with van der Waals surface area (Å²) in [5.74, 6) is -0.307. The minimum absolute atomic E-state index is 0.0573. The highest BCUT2D eigenvalue weighted by atomic mass is 16.5. The zero-order chi connectivity index (χ0) is 19.3. The van der Waals surface area contributed by atoms with Gasteiger partial charge in [-0.15, -0.1) is 0 Å². The highest BCUT2D eigenvalue weighted by molar-refractivity contribution is 5.99. The largest absolute Gasteiger partial charge is 0.469 e. The third kappa shape index (κ3) is 1.55. The second kappa shape index (κ2) is 5.18. The van der Waals surface area contributed by atoms with Gasteiger partial charge in [0.05, 0.1) is 18.6 Å². The van der Waals surface area contributed by atoms with Crippen LogP contribution in [-0.2, 0) is 19.7 Å². The molecule has 148 valence electrons. The fourth-order valence-corrected chi connectivity index (χ4v) is 8.69. The van der Waals surface area contributed by atoms with E-state index in [1.54, 1.807) is 6.92 Å². The van der Waals surface area contributed by atoms with Crippen molar-refractivity contribution in [3.8, 4) is 0 Å². The number of fused-ring (bicyclic) bond motifs is 3. The van der Waals surface area contributed by atoms with Gasteiger partial charge in [-0.25, -0.2) is 0 Å². The highest BCUT2D eigenvalue weighted by Crippen LogP contribution is 2.75. The van der Waals surface area contributed by atoms with Crippen LogP contribution < -0.4 is 4.90 Å². The second-order valence-corrected chi connectivity index (χ2v) is 9.70. The quantitative estimate of drug-likeness (QED) is 0.703. The lowest BCUT2D eigenvalue weighted by molar-refractivity contribution is -0.175. The zero-order valence-electron chi connectivity index (χ0n) is 16.7. The summed E-state index contributed by atoms with van der Waals surface area (Å²) < 4.78 is 5.36. The third-order valence-electron chi connectivity index (χ3n) is 9.11. The molecule has 0 aromatic heterocycles. The molecule has 2 saturated heterocycles. The zero-order valence-corrected chi connectivity index (χ0v) is 16.7. The number of piperidine rings is 1. The summed E-state index contributed by atoms with van der Waals surface area (Å²) >= 11 is 0. The van der Waals surface area contributed by atoms with Crippen LogP contribution in [0.2, 0.25) is 0 Å². The predicted molar refractivity (Wildman–Crippen MR) is 105 cm³/mol. The van der Waals surface area contributed by atoms with Gasteiger partial charge in [-0.05, 0) is 68.7 Å². The van der Waals surface area contributed by atoms with E-state index in [-0.39, 0.29) is 28.6 Å². The van der Waals surface area contributed by atoms with E-state index in [0.29, 0.717) is 6.04 Å². The SMILES string of the molecule is COC(=O)C1CC23CCCN4CCC5(c6ccccc6N(C(C)=O)C15CC2)C43. The van der Waals surface area contributed by atoms with Gasteiger partial charge in [0.15, 0.2) is 0 Å². The van der Waals surface area contributed by atoms with E-state index in [4.69, 9.17) is 4.74 Å². The van der Waals surface area contributed by atoms with E-state index >= 15 is 0 Å². The molecule has 1 amide bonds.